The highest BCUT2D eigenvalue weighted by molar-refractivity contribution is 5.96. The van der Waals surface area contributed by atoms with Gasteiger partial charge >= 0.3 is 5.91 Å². The molecule has 1 aromatic carbocycles. The Balaban J connectivity index is 1.54. The number of carbonyl (C=O) groups is 2. The zero-order valence-corrected chi connectivity index (χ0v) is 12.8. The lowest BCUT2D eigenvalue weighted by Crippen LogP contribution is -2.45. The molecule has 2 amide bonds. The van der Waals surface area contributed by atoms with Gasteiger partial charge in [0, 0.05) is 5.39 Å². The molecule has 1 aliphatic carbocycles. The van der Waals surface area contributed by atoms with Crippen molar-refractivity contribution in [2.24, 2.45) is 0 Å². The Bertz CT molecular complexity index is 683. The van der Waals surface area contributed by atoms with Crippen molar-refractivity contribution in [1.29, 1.82) is 0 Å². The smallest absolute Gasteiger partial charge is 0.305 e. The van der Waals surface area contributed by atoms with Gasteiger partial charge in [-0.2, -0.15) is 0 Å². The molecule has 122 valence electrons. The number of fused-ring (bicyclic) bond motifs is 1. The second kappa shape index (κ2) is 6.42. The van der Waals surface area contributed by atoms with Gasteiger partial charge in [-0.1, -0.05) is 37.5 Å². The number of rotatable bonds is 3. The molecule has 1 heterocycles. The first-order valence-corrected chi connectivity index (χ1v) is 7.86. The predicted molar refractivity (Wildman–Crippen MR) is 84.5 cm³/mol. The number of hydrogen-bond acceptors (Lipinski definition) is 4. The van der Waals surface area contributed by atoms with E-state index in [9.17, 15) is 14.7 Å². The Hall–Kier alpha value is -2.34. The van der Waals surface area contributed by atoms with E-state index in [0.29, 0.717) is 18.4 Å². The fourth-order valence-corrected chi connectivity index (χ4v) is 3.01. The van der Waals surface area contributed by atoms with Gasteiger partial charge < -0.3 is 9.52 Å². The third kappa shape index (κ3) is 3.71. The monoisotopic (exact) mass is 316 g/mol. The van der Waals surface area contributed by atoms with Crippen LogP contribution < -0.4 is 10.9 Å². The minimum Gasteiger partial charge on any atom is -0.451 e. The number of aliphatic hydroxyl groups is 1. The minimum absolute atomic E-state index is 0.00654. The maximum Gasteiger partial charge on any atom is 0.305 e. The summed E-state index contributed by atoms with van der Waals surface area (Å²) in [6, 6.07) is 8.90. The molecule has 1 fully saturated rings. The zero-order chi connectivity index (χ0) is 16.3. The van der Waals surface area contributed by atoms with Gasteiger partial charge in [-0.05, 0) is 25.0 Å². The SMILES string of the molecule is O=C(CC1(O)CCCCC1)NNC(=O)c1cc2ccccc2o1. The molecule has 0 radical (unpaired) electrons. The van der Waals surface area contributed by atoms with Crippen LogP contribution in [0.1, 0.15) is 49.1 Å². The van der Waals surface area contributed by atoms with Crippen LogP contribution >= 0.6 is 0 Å². The summed E-state index contributed by atoms with van der Waals surface area (Å²) in [5.74, 6) is -0.799. The number of para-hydroxylation sites is 1. The third-order valence-electron chi connectivity index (χ3n) is 4.24. The maximum atomic E-state index is 12.0. The van der Waals surface area contributed by atoms with Crippen LogP contribution in [0, 0.1) is 0 Å². The Morgan fingerprint density at radius 1 is 1.13 bits per heavy atom. The summed E-state index contributed by atoms with van der Waals surface area (Å²) in [6.07, 6.45) is 4.18. The number of carbonyl (C=O) groups excluding carboxylic acids is 2. The van der Waals surface area contributed by atoms with Crippen LogP contribution in [0.25, 0.3) is 11.0 Å². The largest absolute Gasteiger partial charge is 0.451 e. The van der Waals surface area contributed by atoms with Crippen LogP contribution in [0.2, 0.25) is 0 Å². The first-order valence-electron chi connectivity index (χ1n) is 7.86. The average Bonchev–Trinajstić information content (AvgIpc) is 2.97. The highest BCUT2D eigenvalue weighted by Crippen LogP contribution is 2.30. The van der Waals surface area contributed by atoms with Gasteiger partial charge in [-0.3, -0.25) is 20.4 Å². The molecule has 0 bridgehead atoms. The van der Waals surface area contributed by atoms with Crippen molar-refractivity contribution >= 4 is 22.8 Å². The fourth-order valence-electron chi connectivity index (χ4n) is 3.01. The molecular weight excluding hydrogens is 296 g/mol. The molecule has 0 spiro atoms. The summed E-state index contributed by atoms with van der Waals surface area (Å²) in [7, 11) is 0. The van der Waals surface area contributed by atoms with E-state index in [0.717, 1.165) is 24.6 Å². The summed E-state index contributed by atoms with van der Waals surface area (Å²) in [5.41, 5.74) is 4.32. The lowest BCUT2D eigenvalue weighted by atomic mass is 9.82. The van der Waals surface area contributed by atoms with Crippen LogP contribution in [0.3, 0.4) is 0 Å². The van der Waals surface area contributed by atoms with E-state index in [2.05, 4.69) is 10.9 Å². The molecule has 6 nitrogen and oxygen atoms in total. The van der Waals surface area contributed by atoms with Crippen molar-refractivity contribution in [1.82, 2.24) is 10.9 Å². The Morgan fingerprint density at radius 2 is 1.87 bits per heavy atom. The molecule has 23 heavy (non-hydrogen) atoms. The Labute approximate surface area is 133 Å². The Kier molecular flexibility index (Phi) is 4.34. The molecule has 3 rings (SSSR count). The van der Waals surface area contributed by atoms with Crippen molar-refractivity contribution in [3.05, 3.63) is 36.1 Å². The number of nitrogens with one attached hydrogen (secondary N) is 2. The number of furan rings is 1. The summed E-state index contributed by atoms with van der Waals surface area (Å²) in [5, 5.41) is 11.1. The molecule has 1 aromatic heterocycles. The molecule has 1 saturated carbocycles. The summed E-state index contributed by atoms with van der Waals surface area (Å²) >= 11 is 0. The van der Waals surface area contributed by atoms with E-state index < -0.39 is 17.4 Å². The van der Waals surface area contributed by atoms with Crippen molar-refractivity contribution in [2.45, 2.75) is 44.1 Å². The standard InChI is InChI=1S/C17H20N2O4/c20-15(11-17(22)8-4-1-5-9-17)18-19-16(21)14-10-12-6-2-3-7-13(12)23-14/h2-3,6-7,10,22H,1,4-5,8-9,11H2,(H,18,20)(H,19,21). The van der Waals surface area contributed by atoms with Crippen LogP contribution in [0.15, 0.2) is 34.7 Å². The summed E-state index contributed by atoms with van der Waals surface area (Å²) < 4.78 is 5.42. The van der Waals surface area contributed by atoms with Gasteiger partial charge in [0.15, 0.2) is 5.76 Å². The lowest BCUT2D eigenvalue weighted by molar-refractivity contribution is -0.128. The van der Waals surface area contributed by atoms with Gasteiger partial charge in [0.05, 0.1) is 12.0 Å². The topological polar surface area (TPSA) is 91.6 Å². The molecule has 0 saturated heterocycles. The fraction of sp³-hybridized carbons (Fsp3) is 0.412. The van der Waals surface area contributed by atoms with Crippen molar-refractivity contribution in [3.8, 4) is 0 Å². The van der Waals surface area contributed by atoms with Crippen LogP contribution in [0.4, 0.5) is 0 Å². The third-order valence-corrected chi connectivity index (χ3v) is 4.24. The van der Waals surface area contributed by atoms with E-state index in [1.54, 1.807) is 12.1 Å². The number of hydrazine groups is 1. The second-order valence-corrected chi connectivity index (χ2v) is 6.11. The Morgan fingerprint density at radius 3 is 2.61 bits per heavy atom. The van der Waals surface area contributed by atoms with Crippen molar-refractivity contribution < 1.29 is 19.1 Å². The van der Waals surface area contributed by atoms with Crippen molar-refractivity contribution in [3.63, 3.8) is 0 Å². The van der Waals surface area contributed by atoms with E-state index in [1.807, 2.05) is 18.2 Å². The molecule has 0 aliphatic heterocycles. The number of amides is 2. The first kappa shape index (κ1) is 15.6. The van der Waals surface area contributed by atoms with Crippen LogP contribution in [-0.2, 0) is 4.79 Å². The molecule has 1 aliphatic rings. The maximum absolute atomic E-state index is 12.0. The normalized spacial score (nSPS) is 16.9. The number of benzene rings is 1. The molecular formula is C17H20N2O4. The highest BCUT2D eigenvalue weighted by Gasteiger charge is 2.31. The minimum atomic E-state index is -0.952. The molecule has 3 N–H and O–H groups in total. The summed E-state index contributed by atoms with van der Waals surface area (Å²) in [4.78, 5) is 23.9. The van der Waals surface area contributed by atoms with Gasteiger partial charge in [-0.15, -0.1) is 0 Å². The molecule has 0 atom stereocenters. The predicted octanol–water partition coefficient (Wildman–Crippen LogP) is 2.28. The quantitative estimate of drug-likeness (QED) is 0.758. The van der Waals surface area contributed by atoms with E-state index in [-0.39, 0.29) is 12.2 Å². The molecule has 2 aromatic rings. The van der Waals surface area contributed by atoms with Gasteiger partial charge in [0.25, 0.3) is 0 Å². The summed E-state index contributed by atoms with van der Waals surface area (Å²) in [6.45, 7) is 0. The highest BCUT2D eigenvalue weighted by atomic mass is 16.3. The van der Waals surface area contributed by atoms with Crippen LogP contribution in [-0.4, -0.2) is 22.5 Å². The van der Waals surface area contributed by atoms with Gasteiger partial charge in [0.1, 0.15) is 5.58 Å². The average molecular weight is 316 g/mol. The lowest BCUT2D eigenvalue weighted by Gasteiger charge is -2.31. The van der Waals surface area contributed by atoms with E-state index in [1.165, 1.54) is 0 Å². The second-order valence-electron chi connectivity index (χ2n) is 6.11. The zero-order valence-electron chi connectivity index (χ0n) is 12.8. The first-order chi connectivity index (χ1) is 11.1. The van der Waals surface area contributed by atoms with Gasteiger partial charge in [0.2, 0.25) is 5.91 Å². The van der Waals surface area contributed by atoms with E-state index >= 15 is 0 Å². The molecule has 0 unspecified atom stereocenters. The van der Waals surface area contributed by atoms with Crippen LogP contribution in [0.5, 0.6) is 0 Å². The number of hydrogen-bond donors (Lipinski definition) is 3. The molecule has 6 heteroatoms. The van der Waals surface area contributed by atoms with Gasteiger partial charge in [-0.25, -0.2) is 0 Å². The van der Waals surface area contributed by atoms with Crippen molar-refractivity contribution in [2.75, 3.05) is 0 Å². The van der Waals surface area contributed by atoms with E-state index in [4.69, 9.17) is 4.42 Å².